The molecule has 4 nitrogen and oxygen atoms in total. The highest BCUT2D eigenvalue weighted by molar-refractivity contribution is 5.75. The lowest BCUT2D eigenvalue weighted by molar-refractivity contribution is 0.217. The fourth-order valence-corrected chi connectivity index (χ4v) is 0.687. The van der Waals surface area contributed by atoms with E-state index in [-0.39, 0.29) is 18.0 Å². The molecule has 0 aromatic heterocycles. The molecule has 0 heterocycles. The van der Waals surface area contributed by atoms with E-state index >= 15 is 0 Å². The normalized spacial score (nSPS) is 11.2. The van der Waals surface area contributed by atoms with Crippen LogP contribution in [0.5, 0.6) is 0 Å². The Morgan fingerprint density at radius 2 is 2.00 bits per heavy atom. The van der Waals surface area contributed by atoms with Crippen LogP contribution in [0, 0.1) is 5.41 Å². The zero-order valence-electron chi connectivity index (χ0n) is 7.17. The van der Waals surface area contributed by atoms with Gasteiger partial charge in [-0.25, -0.2) is 0 Å². The summed E-state index contributed by atoms with van der Waals surface area (Å²) < 4.78 is 0. The average molecular weight is 159 g/mol. The Labute approximate surface area is 67.3 Å². The molecule has 0 aliphatic carbocycles. The number of hydrogen-bond acceptors (Lipinski definition) is 2. The van der Waals surface area contributed by atoms with Crippen LogP contribution in [-0.4, -0.2) is 24.2 Å². The van der Waals surface area contributed by atoms with Crippen LogP contribution in [0.15, 0.2) is 4.99 Å². The topological polar surface area (TPSA) is 84.6 Å². The van der Waals surface area contributed by atoms with Crippen molar-refractivity contribution in [1.29, 1.82) is 0 Å². The molecule has 0 amide bonds. The minimum atomic E-state index is -0.0151. The van der Waals surface area contributed by atoms with Crippen molar-refractivity contribution in [3.63, 3.8) is 0 Å². The number of aliphatic hydroxyl groups excluding tert-OH is 1. The third kappa shape index (κ3) is 5.66. The van der Waals surface area contributed by atoms with Gasteiger partial charge < -0.3 is 16.6 Å². The minimum Gasteiger partial charge on any atom is -0.396 e. The fraction of sp³-hybridized carbons (Fsp3) is 0.857. The molecule has 5 N–H and O–H groups in total. The monoisotopic (exact) mass is 159 g/mol. The van der Waals surface area contributed by atoms with E-state index in [1.165, 1.54) is 0 Å². The average Bonchev–Trinajstić information content (AvgIpc) is 1.84. The summed E-state index contributed by atoms with van der Waals surface area (Å²) in [6.45, 7) is 4.76. The summed E-state index contributed by atoms with van der Waals surface area (Å²) >= 11 is 0. The van der Waals surface area contributed by atoms with Crippen LogP contribution in [0.1, 0.15) is 20.3 Å². The standard InChI is InChI=1S/C7H17N3O/c1-7(2,3-4-11)5-10-6(8)9/h11H,3-5H2,1-2H3,(H4,8,9,10). The van der Waals surface area contributed by atoms with Gasteiger partial charge in [0, 0.05) is 13.2 Å². The molecule has 66 valence electrons. The summed E-state index contributed by atoms with van der Waals surface area (Å²) in [6, 6.07) is 0. The van der Waals surface area contributed by atoms with Crippen molar-refractivity contribution in [2.75, 3.05) is 13.2 Å². The number of aliphatic hydroxyl groups is 1. The predicted octanol–water partition coefficient (Wildman–Crippen LogP) is -0.332. The number of guanidine groups is 1. The lowest BCUT2D eigenvalue weighted by Crippen LogP contribution is -2.26. The van der Waals surface area contributed by atoms with Crippen LogP contribution in [0.2, 0.25) is 0 Å². The van der Waals surface area contributed by atoms with Crippen molar-refractivity contribution in [3.05, 3.63) is 0 Å². The first kappa shape index (κ1) is 10.2. The van der Waals surface area contributed by atoms with Gasteiger partial charge in [-0.1, -0.05) is 13.8 Å². The summed E-state index contributed by atoms with van der Waals surface area (Å²) in [7, 11) is 0. The van der Waals surface area contributed by atoms with E-state index in [0.29, 0.717) is 13.0 Å². The molecule has 0 spiro atoms. The van der Waals surface area contributed by atoms with Crippen LogP contribution < -0.4 is 11.5 Å². The Morgan fingerprint density at radius 3 is 2.36 bits per heavy atom. The molecule has 4 heteroatoms. The minimum absolute atomic E-state index is 0.0151. The van der Waals surface area contributed by atoms with Crippen LogP contribution in [-0.2, 0) is 0 Å². The van der Waals surface area contributed by atoms with Gasteiger partial charge in [-0.15, -0.1) is 0 Å². The highest BCUT2D eigenvalue weighted by atomic mass is 16.3. The molecule has 0 atom stereocenters. The second-order valence-corrected chi connectivity index (χ2v) is 3.38. The highest BCUT2D eigenvalue weighted by Crippen LogP contribution is 2.19. The summed E-state index contributed by atoms with van der Waals surface area (Å²) in [5.41, 5.74) is 10.3. The molecule has 0 saturated heterocycles. The first-order valence-electron chi connectivity index (χ1n) is 3.64. The van der Waals surface area contributed by atoms with Crippen molar-refractivity contribution in [2.45, 2.75) is 20.3 Å². The van der Waals surface area contributed by atoms with Gasteiger partial charge in [0.15, 0.2) is 5.96 Å². The Kier molecular flexibility index (Phi) is 3.89. The maximum atomic E-state index is 8.66. The Balaban J connectivity index is 3.81. The summed E-state index contributed by atoms with van der Waals surface area (Å²) in [5, 5.41) is 8.66. The molecule has 0 fully saturated rings. The number of aliphatic imine (C=N–C) groups is 1. The van der Waals surface area contributed by atoms with E-state index < -0.39 is 0 Å². The quantitative estimate of drug-likeness (QED) is 0.388. The van der Waals surface area contributed by atoms with Crippen molar-refractivity contribution in [2.24, 2.45) is 21.9 Å². The van der Waals surface area contributed by atoms with Crippen molar-refractivity contribution < 1.29 is 5.11 Å². The zero-order chi connectivity index (χ0) is 8.91. The van der Waals surface area contributed by atoms with Crippen molar-refractivity contribution in [3.8, 4) is 0 Å². The van der Waals surface area contributed by atoms with Crippen molar-refractivity contribution >= 4 is 5.96 Å². The Hall–Kier alpha value is -0.770. The van der Waals surface area contributed by atoms with Gasteiger partial charge in [-0.2, -0.15) is 0 Å². The molecule has 0 aliphatic rings. The van der Waals surface area contributed by atoms with Crippen LogP contribution in [0.3, 0.4) is 0 Å². The maximum absolute atomic E-state index is 8.66. The van der Waals surface area contributed by atoms with Crippen LogP contribution >= 0.6 is 0 Å². The number of nitrogens with zero attached hydrogens (tertiary/aromatic N) is 1. The van der Waals surface area contributed by atoms with Crippen LogP contribution in [0.4, 0.5) is 0 Å². The van der Waals surface area contributed by atoms with E-state index in [4.69, 9.17) is 16.6 Å². The third-order valence-electron chi connectivity index (χ3n) is 1.48. The van der Waals surface area contributed by atoms with E-state index in [9.17, 15) is 0 Å². The second-order valence-electron chi connectivity index (χ2n) is 3.38. The molecule has 0 saturated carbocycles. The molecule has 0 aliphatic heterocycles. The zero-order valence-corrected chi connectivity index (χ0v) is 7.17. The first-order chi connectivity index (χ1) is 4.98. The van der Waals surface area contributed by atoms with E-state index in [1.807, 2.05) is 13.8 Å². The summed E-state index contributed by atoms with van der Waals surface area (Å²) in [6.07, 6.45) is 0.712. The van der Waals surface area contributed by atoms with Gasteiger partial charge in [0.05, 0.1) is 0 Å². The van der Waals surface area contributed by atoms with Gasteiger partial charge in [0.1, 0.15) is 0 Å². The number of rotatable bonds is 4. The molecule has 11 heavy (non-hydrogen) atoms. The van der Waals surface area contributed by atoms with Crippen molar-refractivity contribution in [1.82, 2.24) is 0 Å². The van der Waals surface area contributed by atoms with Gasteiger partial charge >= 0.3 is 0 Å². The predicted molar refractivity (Wildman–Crippen MR) is 46.2 cm³/mol. The summed E-state index contributed by atoms with van der Waals surface area (Å²) in [4.78, 5) is 3.88. The summed E-state index contributed by atoms with van der Waals surface area (Å²) in [5.74, 6) is 0.107. The Bertz CT molecular complexity index is 139. The third-order valence-corrected chi connectivity index (χ3v) is 1.48. The maximum Gasteiger partial charge on any atom is 0.185 e. The second kappa shape index (κ2) is 4.18. The largest absolute Gasteiger partial charge is 0.396 e. The molecule has 0 aromatic rings. The van der Waals surface area contributed by atoms with E-state index in [0.717, 1.165) is 0 Å². The molecule has 0 radical (unpaired) electrons. The molecule has 0 aromatic carbocycles. The van der Waals surface area contributed by atoms with Gasteiger partial charge in [-0.3, -0.25) is 4.99 Å². The van der Waals surface area contributed by atoms with Gasteiger partial charge in [0.25, 0.3) is 0 Å². The van der Waals surface area contributed by atoms with E-state index in [2.05, 4.69) is 4.99 Å². The first-order valence-corrected chi connectivity index (χ1v) is 3.64. The van der Waals surface area contributed by atoms with Gasteiger partial charge in [-0.05, 0) is 11.8 Å². The fourth-order valence-electron chi connectivity index (χ4n) is 0.687. The SMILES string of the molecule is CC(C)(CCO)CN=C(N)N. The van der Waals surface area contributed by atoms with Crippen LogP contribution in [0.25, 0.3) is 0 Å². The molecule has 0 rings (SSSR count). The van der Waals surface area contributed by atoms with Gasteiger partial charge in [0.2, 0.25) is 0 Å². The Morgan fingerprint density at radius 1 is 1.45 bits per heavy atom. The molecule has 0 bridgehead atoms. The smallest absolute Gasteiger partial charge is 0.185 e. The van der Waals surface area contributed by atoms with E-state index in [1.54, 1.807) is 0 Å². The lowest BCUT2D eigenvalue weighted by atomic mass is 9.90. The molecular formula is C7H17N3O. The number of hydrogen-bond donors (Lipinski definition) is 3. The number of nitrogens with two attached hydrogens (primary N) is 2. The highest BCUT2D eigenvalue weighted by Gasteiger charge is 2.15. The molecule has 0 unspecified atom stereocenters. The molecular weight excluding hydrogens is 142 g/mol. The lowest BCUT2D eigenvalue weighted by Gasteiger charge is -2.20.